The summed E-state index contributed by atoms with van der Waals surface area (Å²) in [5.74, 6) is 2.00. The molecule has 1 aromatic heterocycles. The van der Waals surface area contributed by atoms with E-state index in [4.69, 9.17) is 23.2 Å². The summed E-state index contributed by atoms with van der Waals surface area (Å²) in [7, 11) is -1.21. The van der Waals surface area contributed by atoms with Gasteiger partial charge in [-0.05, 0) is 38.0 Å². The fraction of sp³-hybridized carbons (Fsp3) is 0.385. The van der Waals surface area contributed by atoms with Crippen LogP contribution < -0.4 is 0 Å². The monoisotopic (exact) mass is 329 g/mol. The van der Waals surface area contributed by atoms with Crippen LogP contribution in [-0.2, 0) is 16.6 Å². The van der Waals surface area contributed by atoms with E-state index in [1.165, 1.54) is 0 Å². The summed E-state index contributed by atoms with van der Waals surface area (Å²) in [5.41, 5.74) is 0. The first kappa shape index (κ1) is 14.0. The Bertz CT molecular complexity index is 682. The van der Waals surface area contributed by atoms with E-state index in [0.29, 0.717) is 26.7 Å². The van der Waals surface area contributed by atoms with E-state index in [1.807, 2.05) is 6.92 Å². The van der Waals surface area contributed by atoms with Gasteiger partial charge in [0, 0.05) is 10.9 Å². The Balaban J connectivity index is 1.83. The molecule has 1 heterocycles. The first-order chi connectivity index (χ1) is 9.56. The summed E-state index contributed by atoms with van der Waals surface area (Å²) >= 11 is 11.8. The fourth-order valence-corrected chi connectivity index (χ4v) is 3.57. The fourth-order valence-electron chi connectivity index (χ4n) is 2.14. The quantitative estimate of drug-likeness (QED) is 0.861. The molecule has 1 unspecified atom stereocenters. The van der Waals surface area contributed by atoms with Crippen molar-refractivity contribution >= 4 is 34.0 Å². The van der Waals surface area contributed by atoms with Gasteiger partial charge < -0.3 is 4.57 Å². The average molecular weight is 330 g/mol. The number of benzene rings is 1. The summed E-state index contributed by atoms with van der Waals surface area (Å²) in [4.78, 5) is 0.655. The number of aromatic nitrogens is 3. The lowest BCUT2D eigenvalue weighted by Gasteiger charge is -2.07. The third-order valence-corrected chi connectivity index (χ3v) is 5.30. The number of rotatable bonds is 4. The van der Waals surface area contributed by atoms with E-state index in [9.17, 15) is 4.21 Å². The average Bonchev–Trinajstić information content (AvgIpc) is 3.18. The zero-order valence-electron chi connectivity index (χ0n) is 10.8. The van der Waals surface area contributed by atoms with E-state index < -0.39 is 10.8 Å². The van der Waals surface area contributed by atoms with Crippen molar-refractivity contribution in [3.63, 3.8) is 0 Å². The van der Waals surface area contributed by atoms with Gasteiger partial charge in [-0.25, -0.2) is 0 Å². The van der Waals surface area contributed by atoms with Crippen molar-refractivity contribution in [3.05, 3.63) is 39.9 Å². The van der Waals surface area contributed by atoms with Crippen LogP contribution in [0.4, 0.5) is 0 Å². The molecule has 0 bridgehead atoms. The van der Waals surface area contributed by atoms with Crippen LogP contribution in [0, 0.1) is 6.92 Å². The molecule has 1 fully saturated rings. The highest BCUT2D eigenvalue weighted by Crippen LogP contribution is 2.36. The summed E-state index contributed by atoms with van der Waals surface area (Å²) in [5, 5.41) is 9.11. The molecule has 7 heteroatoms. The molecule has 20 heavy (non-hydrogen) atoms. The Hall–Kier alpha value is -0.910. The molecule has 0 N–H and O–H groups in total. The topological polar surface area (TPSA) is 47.8 Å². The van der Waals surface area contributed by atoms with Crippen LogP contribution in [0.3, 0.4) is 0 Å². The first-order valence-electron chi connectivity index (χ1n) is 6.30. The highest BCUT2D eigenvalue weighted by atomic mass is 35.5. The molecule has 0 amide bonds. The summed E-state index contributed by atoms with van der Waals surface area (Å²) in [6.45, 7) is 1.93. The highest BCUT2D eigenvalue weighted by Gasteiger charge is 2.28. The van der Waals surface area contributed by atoms with Gasteiger partial charge in [0.05, 0.1) is 26.6 Å². The van der Waals surface area contributed by atoms with Crippen molar-refractivity contribution in [1.82, 2.24) is 14.8 Å². The molecule has 0 spiro atoms. The van der Waals surface area contributed by atoms with Crippen LogP contribution in [0.15, 0.2) is 23.1 Å². The van der Waals surface area contributed by atoms with Crippen LogP contribution in [0.1, 0.15) is 30.5 Å². The number of halogens is 2. The van der Waals surface area contributed by atoms with Crippen LogP contribution in [0.5, 0.6) is 0 Å². The van der Waals surface area contributed by atoms with E-state index in [1.54, 1.807) is 18.2 Å². The molecule has 0 saturated heterocycles. The smallest absolute Gasteiger partial charge is 0.146 e. The standard InChI is InChI=1S/C13H13Cl2N3OS/c1-8-16-17-13(18(8)9-2-3-9)7-20(19)10-4-5-11(14)12(15)6-10/h4-6,9H,2-3,7H2,1H3. The molecule has 1 aliphatic carbocycles. The predicted molar refractivity (Wildman–Crippen MR) is 79.6 cm³/mol. The van der Waals surface area contributed by atoms with Crippen LogP contribution in [-0.4, -0.2) is 19.0 Å². The van der Waals surface area contributed by atoms with Crippen molar-refractivity contribution in [2.75, 3.05) is 0 Å². The Morgan fingerprint density at radius 3 is 2.70 bits per heavy atom. The molecule has 1 aromatic carbocycles. The third-order valence-electron chi connectivity index (χ3n) is 3.26. The summed E-state index contributed by atoms with van der Waals surface area (Å²) < 4.78 is 14.5. The molecule has 106 valence electrons. The van der Waals surface area contributed by atoms with Gasteiger partial charge in [-0.3, -0.25) is 4.21 Å². The molecule has 0 aliphatic heterocycles. The van der Waals surface area contributed by atoms with E-state index in [0.717, 1.165) is 24.5 Å². The van der Waals surface area contributed by atoms with Crippen molar-refractivity contribution in [1.29, 1.82) is 0 Å². The van der Waals surface area contributed by atoms with E-state index in [-0.39, 0.29) is 0 Å². The van der Waals surface area contributed by atoms with Crippen molar-refractivity contribution in [2.45, 2.75) is 36.5 Å². The molecular weight excluding hydrogens is 317 g/mol. The number of nitrogens with zero attached hydrogens (tertiary/aromatic N) is 3. The Labute approximate surface area is 129 Å². The molecule has 1 aliphatic rings. The maximum absolute atomic E-state index is 12.4. The lowest BCUT2D eigenvalue weighted by molar-refractivity contribution is 0.664. The largest absolute Gasteiger partial charge is 0.311 e. The van der Waals surface area contributed by atoms with Gasteiger partial charge in [-0.15, -0.1) is 10.2 Å². The number of aryl methyl sites for hydroxylation is 1. The Morgan fingerprint density at radius 2 is 2.05 bits per heavy atom. The van der Waals surface area contributed by atoms with Crippen molar-refractivity contribution < 1.29 is 4.21 Å². The number of hydrogen-bond acceptors (Lipinski definition) is 3. The summed E-state index contributed by atoms with van der Waals surface area (Å²) in [6, 6.07) is 5.51. The summed E-state index contributed by atoms with van der Waals surface area (Å²) in [6.07, 6.45) is 2.29. The van der Waals surface area contributed by atoms with Gasteiger partial charge in [0.1, 0.15) is 11.6 Å². The normalized spacial score (nSPS) is 16.4. The molecule has 1 saturated carbocycles. The minimum Gasteiger partial charge on any atom is -0.311 e. The zero-order chi connectivity index (χ0) is 14.3. The molecule has 2 aromatic rings. The maximum atomic E-state index is 12.4. The van der Waals surface area contributed by atoms with Gasteiger partial charge >= 0.3 is 0 Å². The molecule has 3 rings (SSSR count). The molecular formula is C13H13Cl2N3OS. The lowest BCUT2D eigenvalue weighted by atomic mass is 10.4. The minimum absolute atomic E-state index is 0.343. The second kappa shape index (κ2) is 5.47. The second-order valence-corrected chi connectivity index (χ2v) is 7.10. The molecule has 0 radical (unpaired) electrons. The zero-order valence-corrected chi connectivity index (χ0v) is 13.2. The minimum atomic E-state index is -1.21. The van der Waals surface area contributed by atoms with Gasteiger partial charge in [0.15, 0.2) is 0 Å². The first-order valence-corrected chi connectivity index (χ1v) is 8.37. The third kappa shape index (κ3) is 2.75. The van der Waals surface area contributed by atoms with E-state index >= 15 is 0 Å². The van der Waals surface area contributed by atoms with Crippen molar-refractivity contribution in [2.24, 2.45) is 0 Å². The van der Waals surface area contributed by atoms with Gasteiger partial charge in [-0.2, -0.15) is 0 Å². The molecule has 4 nitrogen and oxygen atoms in total. The molecule has 1 atom stereocenters. The SMILES string of the molecule is Cc1nnc(CS(=O)c2ccc(Cl)c(Cl)c2)n1C1CC1. The highest BCUT2D eigenvalue weighted by molar-refractivity contribution is 7.84. The van der Waals surface area contributed by atoms with Crippen LogP contribution in [0.2, 0.25) is 10.0 Å². The predicted octanol–water partition coefficient (Wildman–Crippen LogP) is 3.54. The lowest BCUT2D eigenvalue weighted by Crippen LogP contribution is -2.07. The van der Waals surface area contributed by atoms with Crippen molar-refractivity contribution in [3.8, 4) is 0 Å². The number of hydrogen-bond donors (Lipinski definition) is 0. The van der Waals surface area contributed by atoms with Crippen LogP contribution in [0.25, 0.3) is 0 Å². The van der Waals surface area contributed by atoms with Gasteiger partial charge in [0.2, 0.25) is 0 Å². The van der Waals surface area contributed by atoms with Crippen LogP contribution >= 0.6 is 23.2 Å². The van der Waals surface area contributed by atoms with Gasteiger partial charge in [0.25, 0.3) is 0 Å². The van der Waals surface area contributed by atoms with E-state index in [2.05, 4.69) is 14.8 Å². The second-order valence-electron chi connectivity index (χ2n) is 4.83. The Morgan fingerprint density at radius 1 is 1.30 bits per heavy atom. The maximum Gasteiger partial charge on any atom is 0.146 e. The van der Waals surface area contributed by atoms with Gasteiger partial charge in [-0.1, -0.05) is 23.2 Å². The Kier molecular flexibility index (Phi) is 3.84.